The minimum absolute atomic E-state index is 0.0236. The lowest BCUT2D eigenvalue weighted by Gasteiger charge is -2.02. The Hall–Kier alpha value is -0.975. The first-order chi connectivity index (χ1) is 9.16. The lowest BCUT2D eigenvalue weighted by Crippen LogP contribution is -2.28. The summed E-state index contributed by atoms with van der Waals surface area (Å²) in [7, 11) is -0.870. The second-order valence-corrected chi connectivity index (χ2v) is 4.26. The molecule has 0 saturated heterocycles. The van der Waals surface area contributed by atoms with E-state index >= 15 is 0 Å². The number of thioether (sulfide) groups is 1. The van der Waals surface area contributed by atoms with Gasteiger partial charge in [-0.05, 0) is 23.2 Å². The van der Waals surface area contributed by atoms with Crippen molar-refractivity contribution in [1.82, 2.24) is 0 Å². The van der Waals surface area contributed by atoms with E-state index < -0.39 is 13.1 Å². The summed E-state index contributed by atoms with van der Waals surface area (Å²) < 4.78 is 5.03. The summed E-state index contributed by atoms with van der Waals surface area (Å²) in [6, 6.07) is 5.48. The molecule has 1 aliphatic heterocycles. The molecule has 106 valence electrons. The zero-order chi connectivity index (χ0) is 14.8. The second-order valence-electron chi connectivity index (χ2n) is 3.21. The van der Waals surface area contributed by atoms with E-state index in [9.17, 15) is 9.82 Å². The Labute approximate surface area is 119 Å². The largest absolute Gasteiger partial charge is 0.491 e. The Kier molecular flexibility index (Phi) is 9.38. The molecule has 19 heavy (non-hydrogen) atoms. The summed E-state index contributed by atoms with van der Waals surface area (Å²) in [5, 5.41) is 18.0. The lowest BCUT2D eigenvalue weighted by atomic mass is 9.80. The van der Waals surface area contributed by atoms with Gasteiger partial charge in [0, 0.05) is 4.90 Å². The summed E-state index contributed by atoms with van der Waals surface area (Å²) >= 11 is 1.23. The van der Waals surface area contributed by atoms with Gasteiger partial charge < -0.3 is 14.8 Å². The molecule has 4 nitrogen and oxygen atoms in total. The summed E-state index contributed by atoms with van der Waals surface area (Å²) in [6.45, 7) is 8.42. The van der Waals surface area contributed by atoms with Gasteiger partial charge in [0.25, 0.3) is 0 Å². The highest BCUT2D eigenvalue weighted by Gasteiger charge is 2.27. The fourth-order valence-corrected chi connectivity index (χ4v) is 2.09. The van der Waals surface area contributed by atoms with Crippen molar-refractivity contribution in [2.75, 3.05) is 5.75 Å². The fraction of sp³-hybridized carbons (Fsp3) is 0.462. The standard InChI is InChI=1S/C9H9BO4S.2C2H6/c11-9(12)5-15-7-2-1-6-4-14-10(13)8(6)3-7;2*1-2/h1-3,13H,4-5H2,(H,11,12);2*1-2H3. The first-order valence-electron chi connectivity index (χ1n) is 6.44. The van der Waals surface area contributed by atoms with Gasteiger partial charge in [0.1, 0.15) is 0 Å². The van der Waals surface area contributed by atoms with Crippen molar-refractivity contribution >= 4 is 30.3 Å². The molecule has 2 N–H and O–H groups in total. The van der Waals surface area contributed by atoms with E-state index in [1.165, 1.54) is 11.8 Å². The average molecular weight is 284 g/mol. The van der Waals surface area contributed by atoms with Crippen LogP contribution in [-0.2, 0) is 16.1 Å². The maximum atomic E-state index is 10.4. The molecule has 1 aromatic carbocycles. The number of aliphatic carboxylic acids is 1. The van der Waals surface area contributed by atoms with E-state index in [0.717, 1.165) is 15.9 Å². The minimum Gasteiger partial charge on any atom is -0.481 e. The summed E-state index contributed by atoms with van der Waals surface area (Å²) in [5.74, 6) is -0.826. The molecule has 0 spiro atoms. The molecule has 0 unspecified atom stereocenters. The monoisotopic (exact) mass is 284 g/mol. The molecule has 1 aromatic rings. The first kappa shape index (κ1) is 18.0. The number of hydrogen-bond acceptors (Lipinski definition) is 4. The second kappa shape index (κ2) is 9.89. The third-order valence-electron chi connectivity index (χ3n) is 2.14. The minimum atomic E-state index is -0.870. The van der Waals surface area contributed by atoms with Crippen LogP contribution in [0, 0.1) is 0 Å². The third kappa shape index (κ3) is 5.67. The maximum absolute atomic E-state index is 10.4. The Bertz CT molecular complexity index is 398. The van der Waals surface area contributed by atoms with Crippen LogP contribution in [-0.4, -0.2) is 29.0 Å². The highest BCUT2D eigenvalue weighted by molar-refractivity contribution is 8.00. The van der Waals surface area contributed by atoms with Crippen molar-refractivity contribution in [3.8, 4) is 0 Å². The number of hydrogen-bond donors (Lipinski definition) is 2. The molecule has 0 radical (unpaired) electrons. The third-order valence-corrected chi connectivity index (χ3v) is 3.12. The van der Waals surface area contributed by atoms with Crippen molar-refractivity contribution in [3.63, 3.8) is 0 Å². The molecule has 1 heterocycles. The molecule has 0 aliphatic carbocycles. The Balaban J connectivity index is 0.000000741. The van der Waals surface area contributed by atoms with E-state index in [1.807, 2.05) is 39.8 Å². The smallest absolute Gasteiger partial charge is 0.481 e. The molecule has 0 amide bonds. The number of carboxylic acid groups (broad SMARTS) is 1. The van der Waals surface area contributed by atoms with Gasteiger partial charge in [-0.25, -0.2) is 0 Å². The molecule has 0 atom stereocenters. The number of fused-ring (bicyclic) bond motifs is 1. The lowest BCUT2D eigenvalue weighted by molar-refractivity contribution is -0.133. The Morgan fingerprint density at radius 2 is 2.00 bits per heavy atom. The van der Waals surface area contributed by atoms with Crippen LogP contribution in [0.5, 0.6) is 0 Å². The van der Waals surface area contributed by atoms with E-state index in [4.69, 9.17) is 9.76 Å². The quantitative estimate of drug-likeness (QED) is 0.657. The zero-order valence-electron chi connectivity index (χ0n) is 11.8. The van der Waals surface area contributed by atoms with Crippen molar-refractivity contribution in [1.29, 1.82) is 0 Å². The van der Waals surface area contributed by atoms with Crippen molar-refractivity contribution < 1.29 is 19.6 Å². The summed E-state index contributed by atoms with van der Waals surface area (Å²) in [5.41, 5.74) is 1.70. The zero-order valence-corrected chi connectivity index (χ0v) is 12.7. The molecular formula is C13H21BO4S. The van der Waals surface area contributed by atoms with Gasteiger partial charge in [-0.15, -0.1) is 11.8 Å². The van der Waals surface area contributed by atoms with E-state index in [2.05, 4.69) is 0 Å². The fourth-order valence-electron chi connectivity index (χ4n) is 1.43. The molecular weight excluding hydrogens is 263 g/mol. The first-order valence-corrected chi connectivity index (χ1v) is 7.42. The van der Waals surface area contributed by atoms with E-state index in [-0.39, 0.29) is 5.75 Å². The number of rotatable bonds is 3. The summed E-state index contributed by atoms with van der Waals surface area (Å²) in [4.78, 5) is 11.2. The van der Waals surface area contributed by atoms with Gasteiger partial charge in [-0.3, -0.25) is 4.79 Å². The van der Waals surface area contributed by atoms with E-state index in [1.54, 1.807) is 6.07 Å². The van der Waals surface area contributed by atoms with Crippen LogP contribution in [0.15, 0.2) is 23.1 Å². The van der Waals surface area contributed by atoms with Crippen LogP contribution in [0.4, 0.5) is 0 Å². The normalized spacial score (nSPS) is 11.7. The van der Waals surface area contributed by atoms with Gasteiger partial charge in [-0.1, -0.05) is 33.8 Å². The molecule has 0 fully saturated rings. The predicted octanol–water partition coefficient (Wildman–Crippen LogP) is 2.13. The topological polar surface area (TPSA) is 66.8 Å². The van der Waals surface area contributed by atoms with Crippen molar-refractivity contribution in [2.24, 2.45) is 0 Å². The molecule has 1 aliphatic rings. The van der Waals surface area contributed by atoms with Crippen LogP contribution in [0.25, 0.3) is 0 Å². The SMILES string of the molecule is CC.CC.O=C(O)CSc1ccc2c(c1)B(O)OC2. The molecule has 0 saturated carbocycles. The van der Waals surface area contributed by atoms with Gasteiger partial charge in [0.05, 0.1) is 12.4 Å². The maximum Gasteiger partial charge on any atom is 0.491 e. The van der Waals surface area contributed by atoms with Gasteiger partial charge in [-0.2, -0.15) is 0 Å². The highest BCUT2D eigenvalue weighted by atomic mass is 32.2. The van der Waals surface area contributed by atoms with Crippen LogP contribution in [0.2, 0.25) is 0 Å². The summed E-state index contributed by atoms with van der Waals surface area (Å²) in [6.07, 6.45) is 0. The van der Waals surface area contributed by atoms with Crippen molar-refractivity contribution in [2.45, 2.75) is 39.2 Å². The van der Waals surface area contributed by atoms with Crippen LogP contribution in [0.1, 0.15) is 33.3 Å². The van der Waals surface area contributed by atoms with Gasteiger partial charge in [0.2, 0.25) is 0 Å². The van der Waals surface area contributed by atoms with Crippen LogP contribution >= 0.6 is 11.8 Å². The van der Waals surface area contributed by atoms with Crippen molar-refractivity contribution in [3.05, 3.63) is 23.8 Å². The molecule has 6 heteroatoms. The van der Waals surface area contributed by atoms with Gasteiger partial charge >= 0.3 is 13.1 Å². The number of benzene rings is 1. The van der Waals surface area contributed by atoms with E-state index in [0.29, 0.717) is 6.61 Å². The number of carbonyl (C=O) groups is 1. The van der Waals surface area contributed by atoms with Gasteiger partial charge in [0.15, 0.2) is 0 Å². The Morgan fingerprint density at radius 1 is 1.37 bits per heavy atom. The molecule has 2 rings (SSSR count). The predicted molar refractivity (Wildman–Crippen MR) is 79.9 cm³/mol. The Morgan fingerprint density at radius 3 is 2.58 bits per heavy atom. The van der Waals surface area contributed by atoms with Crippen LogP contribution in [0.3, 0.4) is 0 Å². The molecule has 0 aromatic heterocycles. The van der Waals surface area contributed by atoms with Crippen LogP contribution < -0.4 is 5.46 Å². The highest BCUT2D eigenvalue weighted by Crippen LogP contribution is 2.19. The molecule has 0 bridgehead atoms. The number of carboxylic acids is 1. The average Bonchev–Trinajstić information content (AvgIpc) is 2.82.